The fraction of sp³-hybridized carbons (Fsp3) is 0.812. The topological polar surface area (TPSA) is 44.5 Å². The Balaban J connectivity index is 1.84. The summed E-state index contributed by atoms with van der Waals surface area (Å²) in [5.74, 6) is 0.950. The van der Waals surface area contributed by atoms with Crippen molar-refractivity contribution in [3.05, 3.63) is 17.5 Å². The summed E-state index contributed by atoms with van der Waals surface area (Å²) in [5, 5.41) is 7.49. The van der Waals surface area contributed by atoms with E-state index >= 15 is 0 Å². The van der Waals surface area contributed by atoms with E-state index in [0.717, 1.165) is 31.1 Å². The van der Waals surface area contributed by atoms with Crippen molar-refractivity contribution in [1.82, 2.24) is 20.3 Å². The maximum absolute atomic E-state index is 5.45. The van der Waals surface area contributed by atoms with Crippen LogP contribution in [0.2, 0.25) is 0 Å². The van der Waals surface area contributed by atoms with Crippen LogP contribution in [0, 0.1) is 0 Å². The molecule has 0 bridgehead atoms. The number of nitrogens with zero attached hydrogens (tertiary/aromatic N) is 3. The molecule has 0 atom stereocenters. The molecule has 0 radical (unpaired) electrons. The highest BCUT2D eigenvalue weighted by molar-refractivity contribution is 5.06. The van der Waals surface area contributed by atoms with Crippen LogP contribution in [0.5, 0.6) is 0 Å². The zero-order valence-corrected chi connectivity index (χ0v) is 14.1. The Morgan fingerprint density at radius 3 is 2.57 bits per heavy atom. The number of hydrogen-bond donors (Lipinski definition) is 1. The highest BCUT2D eigenvalue weighted by atomic mass is 16.5. The van der Waals surface area contributed by atoms with Gasteiger partial charge >= 0.3 is 0 Å². The number of hydrogen-bond acceptors (Lipinski definition) is 5. The molecular weight excluding hydrogens is 264 g/mol. The molecule has 1 aliphatic carbocycles. The van der Waals surface area contributed by atoms with Crippen molar-refractivity contribution in [2.24, 2.45) is 0 Å². The Hall–Kier alpha value is -0.910. The predicted molar refractivity (Wildman–Crippen MR) is 85.1 cm³/mol. The molecule has 2 rings (SSSR count). The Morgan fingerprint density at radius 1 is 1.33 bits per heavy atom. The molecule has 1 N–H and O–H groups in total. The average molecular weight is 294 g/mol. The molecule has 120 valence electrons. The number of aromatic nitrogens is 1. The van der Waals surface area contributed by atoms with Crippen molar-refractivity contribution in [3.63, 3.8) is 0 Å². The second-order valence-electron chi connectivity index (χ2n) is 6.96. The standard InChI is InChI=1S/C16H30N4O/c1-13(2)17-10-14-9-15(21-18-14)11-20(5)12-16(19(3)4)7-6-8-16/h9,13,17H,6-8,10-12H2,1-5H3. The lowest BCUT2D eigenvalue weighted by Gasteiger charge is -2.49. The minimum absolute atomic E-state index is 0.358. The molecule has 5 nitrogen and oxygen atoms in total. The molecule has 1 heterocycles. The molecule has 0 saturated heterocycles. The third-order valence-corrected chi connectivity index (χ3v) is 4.52. The van der Waals surface area contributed by atoms with E-state index in [1.54, 1.807) is 0 Å². The number of likely N-dealkylation sites (N-methyl/N-ethyl adjacent to an activating group) is 2. The molecule has 1 aromatic rings. The monoisotopic (exact) mass is 294 g/mol. The second-order valence-corrected chi connectivity index (χ2v) is 6.96. The largest absolute Gasteiger partial charge is 0.360 e. The highest BCUT2D eigenvalue weighted by Crippen LogP contribution is 2.36. The van der Waals surface area contributed by atoms with E-state index in [9.17, 15) is 0 Å². The van der Waals surface area contributed by atoms with Gasteiger partial charge in [0, 0.05) is 30.7 Å². The molecule has 5 heteroatoms. The van der Waals surface area contributed by atoms with Crippen molar-refractivity contribution in [2.75, 3.05) is 27.7 Å². The zero-order valence-electron chi connectivity index (χ0n) is 14.1. The van der Waals surface area contributed by atoms with Gasteiger partial charge < -0.3 is 14.7 Å². The van der Waals surface area contributed by atoms with Gasteiger partial charge in [-0.3, -0.25) is 4.90 Å². The van der Waals surface area contributed by atoms with Gasteiger partial charge in [0.15, 0.2) is 5.76 Å². The van der Waals surface area contributed by atoms with E-state index in [4.69, 9.17) is 4.52 Å². The summed E-state index contributed by atoms with van der Waals surface area (Å²) >= 11 is 0. The first-order chi connectivity index (χ1) is 9.91. The summed E-state index contributed by atoms with van der Waals surface area (Å²) in [6.07, 6.45) is 3.94. The SMILES string of the molecule is CC(C)NCc1cc(CN(C)CC2(N(C)C)CCC2)on1. The minimum Gasteiger partial charge on any atom is -0.360 e. The lowest BCUT2D eigenvalue weighted by Crippen LogP contribution is -2.56. The van der Waals surface area contributed by atoms with E-state index in [-0.39, 0.29) is 0 Å². The first kappa shape index (κ1) is 16.5. The number of rotatable bonds is 8. The van der Waals surface area contributed by atoms with Crippen LogP contribution in [0.3, 0.4) is 0 Å². The van der Waals surface area contributed by atoms with Gasteiger partial charge in [0.2, 0.25) is 0 Å². The first-order valence-corrected chi connectivity index (χ1v) is 7.95. The molecule has 1 saturated carbocycles. The van der Waals surface area contributed by atoms with Gasteiger partial charge in [0.05, 0.1) is 12.2 Å². The Bertz CT molecular complexity index is 437. The maximum atomic E-state index is 5.45. The van der Waals surface area contributed by atoms with Gasteiger partial charge in [0.25, 0.3) is 0 Å². The van der Waals surface area contributed by atoms with E-state index in [0.29, 0.717) is 11.6 Å². The first-order valence-electron chi connectivity index (χ1n) is 7.95. The zero-order chi connectivity index (χ0) is 15.5. The Labute approximate surface area is 128 Å². The molecule has 0 spiro atoms. The van der Waals surface area contributed by atoms with Crippen LogP contribution in [0.1, 0.15) is 44.6 Å². The van der Waals surface area contributed by atoms with Gasteiger partial charge in [-0.15, -0.1) is 0 Å². The van der Waals surface area contributed by atoms with Gasteiger partial charge in [-0.1, -0.05) is 19.0 Å². The fourth-order valence-electron chi connectivity index (χ4n) is 2.98. The van der Waals surface area contributed by atoms with Crippen molar-refractivity contribution in [3.8, 4) is 0 Å². The summed E-state index contributed by atoms with van der Waals surface area (Å²) in [7, 11) is 6.55. The lowest BCUT2D eigenvalue weighted by molar-refractivity contribution is 0.0239. The van der Waals surface area contributed by atoms with Crippen molar-refractivity contribution in [2.45, 2.75) is 57.8 Å². The molecule has 0 unspecified atom stereocenters. The lowest BCUT2D eigenvalue weighted by atomic mass is 9.75. The van der Waals surface area contributed by atoms with Crippen molar-refractivity contribution in [1.29, 1.82) is 0 Å². The van der Waals surface area contributed by atoms with Crippen molar-refractivity contribution < 1.29 is 4.52 Å². The Kier molecular flexibility index (Phi) is 5.41. The van der Waals surface area contributed by atoms with Gasteiger partial charge in [-0.25, -0.2) is 0 Å². The van der Waals surface area contributed by atoms with E-state index in [2.05, 4.69) is 61.3 Å². The molecule has 1 aliphatic rings. The summed E-state index contributed by atoms with van der Waals surface area (Å²) in [6, 6.07) is 2.53. The molecule has 21 heavy (non-hydrogen) atoms. The minimum atomic E-state index is 0.358. The van der Waals surface area contributed by atoms with Gasteiger partial charge in [0.1, 0.15) is 0 Å². The average Bonchev–Trinajstić information content (AvgIpc) is 2.78. The molecule has 0 aromatic carbocycles. The van der Waals surface area contributed by atoms with Crippen LogP contribution in [-0.4, -0.2) is 54.2 Å². The van der Waals surface area contributed by atoms with E-state index < -0.39 is 0 Å². The molecule has 1 fully saturated rings. The van der Waals surface area contributed by atoms with Crippen molar-refractivity contribution >= 4 is 0 Å². The fourth-order valence-corrected chi connectivity index (χ4v) is 2.98. The molecule has 0 amide bonds. The third kappa shape index (κ3) is 4.28. The normalized spacial score (nSPS) is 17.7. The summed E-state index contributed by atoms with van der Waals surface area (Å²) < 4.78 is 5.45. The summed E-state index contributed by atoms with van der Waals surface area (Å²) in [6.45, 7) is 6.94. The van der Waals surface area contributed by atoms with Crippen LogP contribution >= 0.6 is 0 Å². The predicted octanol–water partition coefficient (Wildman–Crippen LogP) is 2.09. The van der Waals surface area contributed by atoms with Gasteiger partial charge in [-0.2, -0.15) is 0 Å². The highest BCUT2D eigenvalue weighted by Gasteiger charge is 2.39. The maximum Gasteiger partial charge on any atom is 0.151 e. The quantitative estimate of drug-likeness (QED) is 0.795. The molecule has 0 aliphatic heterocycles. The van der Waals surface area contributed by atoms with Crippen LogP contribution in [0.25, 0.3) is 0 Å². The van der Waals surface area contributed by atoms with E-state index in [1.165, 1.54) is 19.3 Å². The summed E-state index contributed by atoms with van der Waals surface area (Å²) in [5.41, 5.74) is 1.34. The number of nitrogens with one attached hydrogen (secondary N) is 1. The Morgan fingerprint density at radius 2 is 2.05 bits per heavy atom. The van der Waals surface area contributed by atoms with Crippen LogP contribution < -0.4 is 5.32 Å². The smallest absolute Gasteiger partial charge is 0.151 e. The molecular formula is C16H30N4O. The summed E-state index contributed by atoms with van der Waals surface area (Å²) in [4.78, 5) is 4.73. The molecule has 1 aromatic heterocycles. The van der Waals surface area contributed by atoms with Crippen LogP contribution in [-0.2, 0) is 13.1 Å². The van der Waals surface area contributed by atoms with E-state index in [1.807, 2.05) is 0 Å². The third-order valence-electron chi connectivity index (χ3n) is 4.52. The van der Waals surface area contributed by atoms with Gasteiger partial charge in [-0.05, 0) is 40.4 Å². The van der Waals surface area contributed by atoms with Crippen LogP contribution in [0.4, 0.5) is 0 Å². The second kappa shape index (κ2) is 6.90. The van der Waals surface area contributed by atoms with Crippen LogP contribution in [0.15, 0.2) is 10.6 Å².